The molecule has 0 aliphatic rings. The summed E-state index contributed by atoms with van der Waals surface area (Å²) < 4.78 is 27.3. The van der Waals surface area contributed by atoms with E-state index in [0.29, 0.717) is 5.69 Å². The molecular weight excluding hydrogens is 290 g/mol. The van der Waals surface area contributed by atoms with Crippen LogP contribution in [0.5, 0.6) is 0 Å². The summed E-state index contributed by atoms with van der Waals surface area (Å²) in [6.45, 7) is 5.68. The molecule has 21 heavy (non-hydrogen) atoms. The number of nitrogen functional groups attached to an aromatic ring is 1. The van der Waals surface area contributed by atoms with Crippen LogP contribution in [0.15, 0.2) is 29.4 Å². The molecule has 8 heteroatoms. The molecule has 0 saturated carbocycles. The lowest BCUT2D eigenvalue weighted by Gasteiger charge is -2.14. The Hall–Kier alpha value is -2.19. The Morgan fingerprint density at radius 1 is 1.05 bits per heavy atom. The number of hydrazine groups is 1. The quantitative estimate of drug-likeness (QED) is 0.583. The van der Waals surface area contributed by atoms with Crippen LogP contribution < -0.4 is 16.0 Å². The number of aryl methyl sites for hydroxylation is 3. The standard InChI is InChI=1S/C13H17N5O2S/c1-8-4-9(2)12(10(3)5-8)18-21(19,20)11-6-15-13(17-14)16-7-11/h4-7,18H,14H2,1-3H3,(H,15,16,17). The molecule has 0 aliphatic heterocycles. The first-order valence-electron chi connectivity index (χ1n) is 6.23. The predicted molar refractivity (Wildman–Crippen MR) is 81.3 cm³/mol. The topological polar surface area (TPSA) is 110 Å². The van der Waals surface area contributed by atoms with Gasteiger partial charge in [0.1, 0.15) is 4.90 Å². The van der Waals surface area contributed by atoms with E-state index in [9.17, 15) is 8.42 Å². The van der Waals surface area contributed by atoms with Gasteiger partial charge in [0.25, 0.3) is 10.0 Å². The average Bonchev–Trinajstić information content (AvgIpc) is 2.43. The highest BCUT2D eigenvalue weighted by molar-refractivity contribution is 7.92. The normalized spacial score (nSPS) is 11.2. The lowest BCUT2D eigenvalue weighted by molar-refractivity contribution is 0.600. The monoisotopic (exact) mass is 307 g/mol. The number of benzene rings is 1. The van der Waals surface area contributed by atoms with Crippen molar-refractivity contribution < 1.29 is 8.42 Å². The maximum Gasteiger partial charge on any atom is 0.264 e. The van der Waals surface area contributed by atoms with Crippen LogP contribution >= 0.6 is 0 Å². The van der Waals surface area contributed by atoms with Crippen molar-refractivity contribution in [2.75, 3.05) is 10.1 Å². The predicted octanol–water partition coefficient (Wildman–Crippen LogP) is 1.49. The first-order valence-corrected chi connectivity index (χ1v) is 7.71. The van der Waals surface area contributed by atoms with E-state index in [-0.39, 0.29) is 10.8 Å². The highest BCUT2D eigenvalue weighted by atomic mass is 32.2. The summed E-state index contributed by atoms with van der Waals surface area (Å²) in [7, 11) is -3.74. The molecule has 2 aromatic rings. The fraction of sp³-hybridized carbons (Fsp3) is 0.231. The Bertz CT molecular complexity index is 734. The fourth-order valence-electron chi connectivity index (χ4n) is 2.06. The van der Waals surface area contributed by atoms with E-state index in [1.807, 2.05) is 32.9 Å². The molecule has 112 valence electrons. The highest BCUT2D eigenvalue weighted by Crippen LogP contribution is 2.24. The molecule has 0 saturated heterocycles. The number of nitrogens with zero attached hydrogens (tertiary/aromatic N) is 2. The van der Waals surface area contributed by atoms with Gasteiger partial charge >= 0.3 is 0 Å². The summed E-state index contributed by atoms with van der Waals surface area (Å²) in [5.74, 6) is 5.30. The minimum atomic E-state index is -3.74. The van der Waals surface area contributed by atoms with Gasteiger partial charge in [0.15, 0.2) is 0 Å². The summed E-state index contributed by atoms with van der Waals surface area (Å²) in [6, 6.07) is 3.84. The Balaban J connectivity index is 2.37. The van der Waals surface area contributed by atoms with Crippen molar-refractivity contribution >= 4 is 21.7 Å². The van der Waals surface area contributed by atoms with Gasteiger partial charge in [0.05, 0.1) is 18.1 Å². The second kappa shape index (κ2) is 5.66. The molecule has 0 fully saturated rings. The van der Waals surface area contributed by atoms with Crippen LogP contribution in [0.25, 0.3) is 0 Å². The van der Waals surface area contributed by atoms with Gasteiger partial charge in [-0.15, -0.1) is 0 Å². The minimum absolute atomic E-state index is 0.0270. The molecule has 7 nitrogen and oxygen atoms in total. The Kier molecular flexibility index (Phi) is 4.10. The molecule has 0 aliphatic carbocycles. The molecule has 0 amide bonds. The SMILES string of the molecule is Cc1cc(C)c(NS(=O)(=O)c2cnc(NN)nc2)c(C)c1. The van der Waals surface area contributed by atoms with Gasteiger partial charge in [0.2, 0.25) is 5.95 Å². The molecule has 1 aromatic carbocycles. The summed E-state index contributed by atoms with van der Waals surface area (Å²) in [5.41, 5.74) is 5.61. The average molecular weight is 307 g/mol. The number of rotatable bonds is 4. The summed E-state index contributed by atoms with van der Waals surface area (Å²) in [5, 5.41) is 0. The van der Waals surface area contributed by atoms with Gasteiger partial charge in [-0.05, 0) is 31.9 Å². The lowest BCUT2D eigenvalue weighted by atomic mass is 10.1. The minimum Gasteiger partial charge on any atom is -0.292 e. The number of nitrogens with two attached hydrogens (primary N) is 1. The van der Waals surface area contributed by atoms with Crippen molar-refractivity contribution in [3.05, 3.63) is 41.2 Å². The number of anilines is 2. The van der Waals surface area contributed by atoms with Crippen LogP contribution in [0.4, 0.5) is 11.6 Å². The molecular formula is C13H17N5O2S. The largest absolute Gasteiger partial charge is 0.292 e. The third-order valence-corrected chi connectivity index (χ3v) is 4.29. The van der Waals surface area contributed by atoms with E-state index in [1.165, 1.54) is 12.4 Å². The van der Waals surface area contributed by atoms with E-state index >= 15 is 0 Å². The molecule has 0 radical (unpaired) electrons. The number of hydrogen-bond donors (Lipinski definition) is 3. The van der Waals surface area contributed by atoms with E-state index in [1.54, 1.807) is 0 Å². The summed E-state index contributed by atoms with van der Waals surface area (Å²) in [4.78, 5) is 7.57. The second-order valence-corrected chi connectivity index (χ2v) is 6.45. The van der Waals surface area contributed by atoms with Gasteiger partial charge in [-0.3, -0.25) is 10.1 Å². The number of hydrogen-bond acceptors (Lipinski definition) is 6. The zero-order valence-electron chi connectivity index (χ0n) is 12.0. The van der Waals surface area contributed by atoms with Gasteiger partial charge in [-0.1, -0.05) is 17.7 Å². The highest BCUT2D eigenvalue weighted by Gasteiger charge is 2.17. The van der Waals surface area contributed by atoms with Crippen molar-refractivity contribution in [1.29, 1.82) is 0 Å². The number of sulfonamides is 1. The second-order valence-electron chi connectivity index (χ2n) is 4.77. The molecule has 0 unspecified atom stereocenters. The van der Waals surface area contributed by atoms with Crippen LogP contribution in [0.1, 0.15) is 16.7 Å². The van der Waals surface area contributed by atoms with Crippen molar-refractivity contribution in [3.63, 3.8) is 0 Å². The third kappa shape index (κ3) is 3.29. The smallest absolute Gasteiger partial charge is 0.264 e. The summed E-state index contributed by atoms with van der Waals surface area (Å²) >= 11 is 0. The zero-order chi connectivity index (χ0) is 15.6. The van der Waals surface area contributed by atoms with E-state index < -0.39 is 10.0 Å². The first kappa shape index (κ1) is 15.2. The van der Waals surface area contributed by atoms with Crippen molar-refractivity contribution in [3.8, 4) is 0 Å². The van der Waals surface area contributed by atoms with Crippen LogP contribution in [0.2, 0.25) is 0 Å². The lowest BCUT2D eigenvalue weighted by Crippen LogP contribution is -2.16. The van der Waals surface area contributed by atoms with Gasteiger partial charge in [-0.25, -0.2) is 24.2 Å². The third-order valence-electron chi connectivity index (χ3n) is 2.98. The van der Waals surface area contributed by atoms with E-state index in [4.69, 9.17) is 5.84 Å². The molecule has 0 atom stereocenters. The van der Waals surface area contributed by atoms with Crippen molar-refractivity contribution in [2.24, 2.45) is 5.84 Å². The zero-order valence-corrected chi connectivity index (χ0v) is 12.8. The fourth-order valence-corrected chi connectivity index (χ4v) is 3.16. The maximum absolute atomic E-state index is 12.3. The Morgan fingerprint density at radius 2 is 1.57 bits per heavy atom. The van der Waals surface area contributed by atoms with Crippen LogP contribution in [-0.4, -0.2) is 18.4 Å². The number of aromatic nitrogens is 2. The van der Waals surface area contributed by atoms with Crippen LogP contribution in [0, 0.1) is 20.8 Å². The molecule has 0 spiro atoms. The van der Waals surface area contributed by atoms with Gasteiger partial charge in [-0.2, -0.15) is 0 Å². The van der Waals surface area contributed by atoms with Crippen molar-refractivity contribution in [2.45, 2.75) is 25.7 Å². The maximum atomic E-state index is 12.3. The first-order chi connectivity index (χ1) is 9.83. The molecule has 2 rings (SSSR count). The van der Waals surface area contributed by atoms with E-state index in [2.05, 4.69) is 20.1 Å². The molecule has 0 bridgehead atoms. The Morgan fingerprint density at radius 3 is 2.05 bits per heavy atom. The molecule has 1 heterocycles. The summed E-state index contributed by atoms with van der Waals surface area (Å²) in [6.07, 6.45) is 2.40. The molecule has 4 N–H and O–H groups in total. The van der Waals surface area contributed by atoms with Crippen LogP contribution in [0.3, 0.4) is 0 Å². The van der Waals surface area contributed by atoms with Crippen LogP contribution in [-0.2, 0) is 10.0 Å². The van der Waals surface area contributed by atoms with E-state index in [0.717, 1.165) is 16.7 Å². The van der Waals surface area contributed by atoms with Gasteiger partial charge < -0.3 is 0 Å². The number of nitrogens with one attached hydrogen (secondary N) is 2. The Labute approximate surface area is 123 Å². The van der Waals surface area contributed by atoms with Crippen molar-refractivity contribution in [1.82, 2.24) is 9.97 Å². The van der Waals surface area contributed by atoms with Gasteiger partial charge in [0, 0.05) is 0 Å². The molecule has 1 aromatic heterocycles.